The Balaban J connectivity index is 1.95. The molecular formula is C18H21N3O3. The van der Waals surface area contributed by atoms with E-state index in [4.69, 9.17) is 4.74 Å². The van der Waals surface area contributed by atoms with Crippen molar-refractivity contribution in [1.82, 2.24) is 5.32 Å². The minimum atomic E-state index is -0.214. The van der Waals surface area contributed by atoms with Gasteiger partial charge in [0.05, 0.1) is 19.3 Å². The largest absolute Gasteiger partial charge is 0.495 e. The van der Waals surface area contributed by atoms with Gasteiger partial charge in [0.15, 0.2) is 0 Å². The van der Waals surface area contributed by atoms with Crippen molar-refractivity contribution in [2.24, 2.45) is 0 Å². The lowest BCUT2D eigenvalue weighted by Crippen LogP contribution is -2.24. The third-order valence-corrected chi connectivity index (χ3v) is 3.29. The van der Waals surface area contributed by atoms with E-state index in [-0.39, 0.29) is 18.4 Å². The van der Waals surface area contributed by atoms with Crippen LogP contribution in [0.1, 0.15) is 17.3 Å². The predicted octanol–water partition coefficient (Wildman–Crippen LogP) is 2.50. The summed E-state index contributed by atoms with van der Waals surface area (Å²) < 4.78 is 5.22. The summed E-state index contributed by atoms with van der Waals surface area (Å²) in [5.74, 6) is 0.290. The molecular weight excluding hydrogens is 306 g/mol. The van der Waals surface area contributed by atoms with Crippen LogP contribution in [0.25, 0.3) is 0 Å². The van der Waals surface area contributed by atoms with Gasteiger partial charge in [-0.2, -0.15) is 0 Å². The zero-order chi connectivity index (χ0) is 17.4. The van der Waals surface area contributed by atoms with E-state index in [1.54, 1.807) is 31.4 Å². The summed E-state index contributed by atoms with van der Waals surface area (Å²) in [5.41, 5.74) is 1.82. The Morgan fingerprint density at radius 2 is 1.88 bits per heavy atom. The maximum atomic E-state index is 12.1. The molecule has 0 aliphatic heterocycles. The third-order valence-electron chi connectivity index (χ3n) is 3.29. The molecule has 0 aromatic heterocycles. The molecule has 0 aliphatic carbocycles. The van der Waals surface area contributed by atoms with Gasteiger partial charge in [0, 0.05) is 17.8 Å². The quantitative estimate of drug-likeness (QED) is 0.730. The number of amides is 2. The van der Waals surface area contributed by atoms with E-state index in [0.29, 0.717) is 23.5 Å². The summed E-state index contributed by atoms with van der Waals surface area (Å²) in [7, 11) is 1.58. The van der Waals surface area contributed by atoms with Crippen LogP contribution in [-0.4, -0.2) is 32.0 Å². The van der Waals surface area contributed by atoms with Crippen LogP contribution in [0.5, 0.6) is 5.75 Å². The number of rotatable bonds is 7. The molecule has 6 heteroatoms. The normalized spacial score (nSPS) is 9.92. The fourth-order valence-electron chi connectivity index (χ4n) is 2.17. The van der Waals surface area contributed by atoms with Crippen molar-refractivity contribution in [1.29, 1.82) is 0 Å². The number of anilines is 2. The number of methoxy groups -OCH3 is 1. The Morgan fingerprint density at radius 3 is 2.62 bits per heavy atom. The van der Waals surface area contributed by atoms with Gasteiger partial charge >= 0.3 is 0 Å². The van der Waals surface area contributed by atoms with Crippen LogP contribution in [0.2, 0.25) is 0 Å². The zero-order valence-electron chi connectivity index (χ0n) is 13.8. The molecule has 0 saturated carbocycles. The molecule has 0 atom stereocenters. The lowest BCUT2D eigenvalue weighted by atomic mass is 10.2. The molecule has 2 amide bonds. The highest BCUT2D eigenvalue weighted by molar-refractivity contribution is 5.98. The lowest BCUT2D eigenvalue weighted by molar-refractivity contribution is -0.114. The molecule has 3 N–H and O–H groups in total. The SMILES string of the molecule is CCNC(=O)c1cccc(NC(=O)CNc2ccccc2OC)c1. The number of nitrogens with one attached hydrogen (secondary N) is 3. The van der Waals surface area contributed by atoms with Gasteiger partial charge in [0.25, 0.3) is 5.91 Å². The second-order valence-corrected chi connectivity index (χ2v) is 5.04. The van der Waals surface area contributed by atoms with Crippen LogP contribution in [0.3, 0.4) is 0 Å². The lowest BCUT2D eigenvalue weighted by Gasteiger charge is -2.11. The van der Waals surface area contributed by atoms with Crippen molar-refractivity contribution in [3.8, 4) is 5.75 Å². The number of hydrogen-bond donors (Lipinski definition) is 3. The highest BCUT2D eigenvalue weighted by Gasteiger charge is 2.08. The van der Waals surface area contributed by atoms with Crippen LogP contribution in [0, 0.1) is 0 Å². The van der Waals surface area contributed by atoms with Crippen molar-refractivity contribution >= 4 is 23.2 Å². The first-order valence-electron chi connectivity index (χ1n) is 7.69. The summed E-state index contributed by atoms with van der Waals surface area (Å²) >= 11 is 0. The average molecular weight is 327 g/mol. The Labute approximate surface area is 141 Å². The summed E-state index contributed by atoms with van der Waals surface area (Å²) in [6, 6.07) is 14.2. The molecule has 2 aromatic rings. The molecule has 0 saturated heterocycles. The number of hydrogen-bond acceptors (Lipinski definition) is 4. The Morgan fingerprint density at radius 1 is 1.08 bits per heavy atom. The number of ether oxygens (including phenoxy) is 1. The van der Waals surface area contributed by atoms with Crippen molar-refractivity contribution in [3.63, 3.8) is 0 Å². The van der Waals surface area contributed by atoms with E-state index in [1.807, 2.05) is 31.2 Å². The minimum Gasteiger partial charge on any atom is -0.495 e. The number of carbonyl (C=O) groups is 2. The van der Waals surface area contributed by atoms with Crippen molar-refractivity contribution in [2.45, 2.75) is 6.92 Å². The molecule has 6 nitrogen and oxygen atoms in total. The van der Waals surface area contributed by atoms with Gasteiger partial charge in [0.1, 0.15) is 5.75 Å². The molecule has 0 bridgehead atoms. The summed E-state index contributed by atoms with van der Waals surface area (Å²) in [6.45, 7) is 2.50. The fourth-order valence-corrected chi connectivity index (χ4v) is 2.17. The zero-order valence-corrected chi connectivity index (χ0v) is 13.8. The highest BCUT2D eigenvalue weighted by atomic mass is 16.5. The van der Waals surface area contributed by atoms with Gasteiger partial charge in [0.2, 0.25) is 5.91 Å². The van der Waals surface area contributed by atoms with Crippen LogP contribution in [0.15, 0.2) is 48.5 Å². The number of benzene rings is 2. The van der Waals surface area contributed by atoms with Gasteiger partial charge in [-0.1, -0.05) is 18.2 Å². The molecule has 2 aromatic carbocycles. The Bertz CT molecular complexity index is 716. The topological polar surface area (TPSA) is 79.5 Å². The fraction of sp³-hybridized carbons (Fsp3) is 0.222. The molecule has 126 valence electrons. The maximum Gasteiger partial charge on any atom is 0.251 e. The average Bonchev–Trinajstić information content (AvgIpc) is 2.60. The second-order valence-electron chi connectivity index (χ2n) is 5.04. The molecule has 0 aliphatic rings. The van der Waals surface area contributed by atoms with E-state index >= 15 is 0 Å². The van der Waals surface area contributed by atoms with Gasteiger partial charge in [-0.3, -0.25) is 9.59 Å². The molecule has 0 fully saturated rings. The van der Waals surface area contributed by atoms with Crippen LogP contribution in [0.4, 0.5) is 11.4 Å². The van der Waals surface area contributed by atoms with Gasteiger partial charge in [-0.15, -0.1) is 0 Å². The van der Waals surface area contributed by atoms with Crippen molar-refractivity contribution in [3.05, 3.63) is 54.1 Å². The first kappa shape index (κ1) is 17.3. The highest BCUT2D eigenvalue weighted by Crippen LogP contribution is 2.22. The number of para-hydroxylation sites is 2. The van der Waals surface area contributed by atoms with E-state index in [2.05, 4.69) is 16.0 Å². The van der Waals surface area contributed by atoms with Gasteiger partial charge < -0.3 is 20.7 Å². The molecule has 0 radical (unpaired) electrons. The molecule has 0 unspecified atom stereocenters. The molecule has 24 heavy (non-hydrogen) atoms. The van der Waals surface area contributed by atoms with Crippen LogP contribution >= 0.6 is 0 Å². The molecule has 0 heterocycles. The van der Waals surface area contributed by atoms with Gasteiger partial charge in [-0.25, -0.2) is 0 Å². The standard InChI is InChI=1S/C18H21N3O3/c1-3-19-18(23)13-7-6-8-14(11-13)21-17(22)12-20-15-9-4-5-10-16(15)24-2/h4-11,20H,3,12H2,1-2H3,(H,19,23)(H,21,22). The van der Waals surface area contributed by atoms with Gasteiger partial charge in [-0.05, 0) is 37.3 Å². The Kier molecular flexibility index (Phi) is 6.19. The third kappa shape index (κ3) is 4.74. The number of carbonyl (C=O) groups excluding carboxylic acids is 2. The van der Waals surface area contributed by atoms with E-state index in [1.165, 1.54) is 0 Å². The smallest absolute Gasteiger partial charge is 0.251 e. The van der Waals surface area contributed by atoms with Crippen LogP contribution < -0.4 is 20.7 Å². The minimum absolute atomic E-state index is 0.0890. The molecule has 0 spiro atoms. The molecule has 2 rings (SSSR count). The first-order valence-corrected chi connectivity index (χ1v) is 7.69. The van der Waals surface area contributed by atoms with Crippen molar-refractivity contribution < 1.29 is 14.3 Å². The van der Waals surface area contributed by atoms with Crippen molar-refractivity contribution in [2.75, 3.05) is 30.8 Å². The van der Waals surface area contributed by atoms with E-state index in [9.17, 15) is 9.59 Å². The first-order chi connectivity index (χ1) is 11.6. The summed E-state index contributed by atoms with van der Waals surface area (Å²) in [4.78, 5) is 23.9. The predicted molar refractivity (Wildman–Crippen MR) is 94.6 cm³/mol. The maximum absolute atomic E-state index is 12.1. The van der Waals surface area contributed by atoms with E-state index < -0.39 is 0 Å². The van der Waals surface area contributed by atoms with E-state index in [0.717, 1.165) is 5.69 Å². The summed E-state index contributed by atoms with van der Waals surface area (Å²) in [5, 5.41) is 8.51. The monoisotopic (exact) mass is 327 g/mol. The summed E-state index contributed by atoms with van der Waals surface area (Å²) in [6.07, 6.45) is 0. The van der Waals surface area contributed by atoms with Crippen LogP contribution in [-0.2, 0) is 4.79 Å². The Hall–Kier alpha value is -3.02. The second kappa shape index (κ2) is 8.57.